The van der Waals surface area contributed by atoms with Crippen molar-refractivity contribution in [3.63, 3.8) is 0 Å². The van der Waals surface area contributed by atoms with E-state index in [0.717, 1.165) is 24.0 Å². The minimum absolute atomic E-state index is 0.480. The van der Waals surface area contributed by atoms with Gasteiger partial charge in [0.05, 0.1) is 11.6 Å². The van der Waals surface area contributed by atoms with Crippen LogP contribution < -0.4 is 10.2 Å². The van der Waals surface area contributed by atoms with E-state index in [0.29, 0.717) is 12.1 Å². The third-order valence-electron chi connectivity index (χ3n) is 3.92. The largest absolute Gasteiger partial charge is 0.368 e. The van der Waals surface area contributed by atoms with Gasteiger partial charge in [0, 0.05) is 41.6 Å². The molecule has 0 aliphatic carbocycles. The molecule has 1 aliphatic rings. The first-order valence-electron chi connectivity index (χ1n) is 7.12. The zero-order valence-electron chi connectivity index (χ0n) is 11.9. The second-order valence-corrected chi connectivity index (χ2v) is 5.66. The second kappa shape index (κ2) is 5.15. The summed E-state index contributed by atoms with van der Waals surface area (Å²) in [5.41, 5.74) is 1.99. The number of rotatable bonds is 1. The zero-order chi connectivity index (χ0) is 14.1. The molecular weight excluding hydrogens is 246 g/mol. The van der Waals surface area contributed by atoms with Crippen LogP contribution in [0.25, 0.3) is 10.8 Å². The Balaban J connectivity index is 2.11. The number of nitrogens with one attached hydrogen (secondary N) is 1. The molecule has 1 fully saturated rings. The summed E-state index contributed by atoms with van der Waals surface area (Å²) in [5.74, 6) is 0. The molecule has 0 bridgehead atoms. The second-order valence-electron chi connectivity index (χ2n) is 5.66. The quantitative estimate of drug-likeness (QED) is 0.861. The third kappa shape index (κ3) is 2.23. The van der Waals surface area contributed by atoms with E-state index in [4.69, 9.17) is 0 Å². The topological polar surface area (TPSA) is 39.1 Å². The molecule has 1 N–H and O–H groups in total. The number of nitriles is 1. The van der Waals surface area contributed by atoms with Crippen molar-refractivity contribution < 1.29 is 0 Å². The van der Waals surface area contributed by atoms with Gasteiger partial charge < -0.3 is 10.2 Å². The summed E-state index contributed by atoms with van der Waals surface area (Å²) in [6.45, 7) is 6.43. The lowest BCUT2D eigenvalue weighted by molar-refractivity contribution is 0.407. The Bertz CT molecular complexity index is 661. The van der Waals surface area contributed by atoms with Gasteiger partial charge in [-0.1, -0.05) is 24.3 Å². The predicted molar refractivity (Wildman–Crippen MR) is 82.9 cm³/mol. The first-order chi connectivity index (χ1) is 9.69. The van der Waals surface area contributed by atoms with Crippen molar-refractivity contribution >= 4 is 16.5 Å². The lowest BCUT2D eigenvalue weighted by Gasteiger charge is -2.38. The molecule has 1 saturated heterocycles. The highest BCUT2D eigenvalue weighted by molar-refractivity contribution is 5.97. The summed E-state index contributed by atoms with van der Waals surface area (Å²) in [6.07, 6.45) is 0. The molecule has 0 saturated carbocycles. The van der Waals surface area contributed by atoms with E-state index in [2.05, 4.69) is 42.3 Å². The van der Waals surface area contributed by atoms with E-state index in [1.807, 2.05) is 24.3 Å². The highest BCUT2D eigenvalue weighted by Crippen LogP contribution is 2.30. The molecule has 0 amide bonds. The number of anilines is 1. The van der Waals surface area contributed by atoms with Gasteiger partial charge in [-0.25, -0.2) is 0 Å². The summed E-state index contributed by atoms with van der Waals surface area (Å²) < 4.78 is 0. The Kier molecular flexibility index (Phi) is 3.33. The van der Waals surface area contributed by atoms with Crippen molar-refractivity contribution in [2.45, 2.75) is 25.9 Å². The van der Waals surface area contributed by atoms with Crippen LogP contribution in [-0.4, -0.2) is 25.2 Å². The van der Waals surface area contributed by atoms with Crippen LogP contribution in [0.3, 0.4) is 0 Å². The molecule has 3 nitrogen and oxygen atoms in total. The molecule has 3 heteroatoms. The highest BCUT2D eigenvalue weighted by Gasteiger charge is 2.22. The Morgan fingerprint density at radius 2 is 1.70 bits per heavy atom. The Labute approximate surface area is 119 Å². The van der Waals surface area contributed by atoms with E-state index in [1.54, 1.807) is 0 Å². The van der Waals surface area contributed by atoms with Gasteiger partial charge in [0.1, 0.15) is 0 Å². The summed E-state index contributed by atoms with van der Waals surface area (Å²) >= 11 is 0. The number of hydrogen-bond donors (Lipinski definition) is 1. The molecular formula is C17H19N3. The van der Waals surface area contributed by atoms with Gasteiger partial charge in [-0.3, -0.25) is 0 Å². The first-order valence-corrected chi connectivity index (χ1v) is 7.12. The SMILES string of the molecule is CC1CN(c2ccc(C#N)c3ccccc23)CC(C)N1. The molecule has 0 aromatic heterocycles. The highest BCUT2D eigenvalue weighted by atomic mass is 15.2. The molecule has 2 aromatic carbocycles. The normalized spacial score (nSPS) is 22.8. The van der Waals surface area contributed by atoms with Crippen LogP contribution in [0.2, 0.25) is 0 Å². The monoisotopic (exact) mass is 265 g/mol. The lowest BCUT2D eigenvalue weighted by Crippen LogP contribution is -2.54. The van der Waals surface area contributed by atoms with Crippen molar-refractivity contribution in [3.05, 3.63) is 42.0 Å². The Morgan fingerprint density at radius 1 is 1.05 bits per heavy atom. The van der Waals surface area contributed by atoms with Gasteiger partial charge in [0.25, 0.3) is 0 Å². The van der Waals surface area contributed by atoms with E-state index < -0.39 is 0 Å². The van der Waals surface area contributed by atoms with Crippen LogP contribution in [-0.2, 0) is 0 Å². The molecule has 0 radical (unpaired) electrons. The minimum Gasteiger partial charge on any atom is -0.368 e. The number of fused-ring (bicyclic) bond motifs is 1. The fourth-order valence-corrected chi connectivity index (χ4v) is 3.18. The number of benzene rings is 2. The van der Waals surface area contributed by atoms with Gasteiger partial charge in [0.2, 0.25) is 0 Å². The number of nitrogens with zero attached hydrogens (tertiary/aromatic N) is 2. The summed E-state index contributed by atoms with van der Waals surface area (Å²) in [7, 11) is 0. The third-order valence-corrected chi connectivity index (χ3v) is 3.92. The van der Waals surface area contributed by atoms with Crippen LogP contribution in [0.15, 0.2) is 36.4 Å². The molecule has 102 valence electrons. The Hall–Kier alpha value is -2.05. The summed E-state index contributed by atoms with van der Waals surface area (Å²) in [6, 6.07) is 15.5. The van der Waals surface area contributed by atoms with E-state index in [-0.39, 0.29) is 0 Å². The maximum atomic E-state index is 9.25. The van der Waals surface area contributed by atoms with Crippen molar-refractivity contribution in [1.82, 2.24) is 5.32 Å². The molecule has 1 aliphatic heterocycles. The van der Waals surface area contributed by atoms with Crippen LogP contribution in [0.1, 0.15) is 19.4 Å². The van der Waals surface area contributed by atoms with Crippen LogP contribution in [0.5, 0.6) is 0 Å². The fourth-order valence-electron chi connectivity index (χ4n) is 3.18. The molecule has 2 aromatic rings. The van der Waals surface area contributed by atoms with Gasteiger partial charge in [-0.05, 0) is 26.0 Å². The molecule has 0 spiro atoms. The maximum absolute atomic E-state index is 9.25. The molecule has 2 atom stereocenters. The van der Waals surface area contributed by atoms with E-state index >= 15 is 0 Å². The van der Waals surface area contributed by atoms with Crippen molar-refractivity contribution in [1.29, 1.82) is 5.26 Å². The van der Waals surface area contributed by atoms with Gasteiger partial charge >= 0.3 is 0 Å². The van der Waals surface area contributed by atoms with E-state index in [1.165, 1.54) is 11.1 Å². The lowest BCUT2D eigenvalue weighted by atomic mass is 10.0. The van der Waals surface area contributed by atoms with E-state index in [9.17, 15) is 5.26 Å². The standard InChI is InChI=1S/C17H19N3/c1-12-10-20(11-13(2)19-12)17-8-7-14(9-18)15-5-3-4-6-16(15)17/h3-8,12-13,19H,10-11H2,1-2H3. The van der Waals surface area contributed by atoms with Crippen molar-refractivity contribution in [2.75, 3.05) is 18.0 Å². The molecule has 2 unspecified atom stereocenters. The van der Waals surface area contributed by atoms with Crippen LogP contribution >= 0.6 is 0 Å². The van der Waals surface area contributed by atoms with Gasteiger partial charge in [-0.2, -0.15) is 5.26 Å². The van der Waals surface area contributed by atoms with Gasteiger partial charge in [-0.15, -0.1) is 0 Å². The van der Waals surface area contributed by atoms with Crippen molar-refractivity contribution in [2.24, 2.45) is 0 Å². The first kappa shape index (κ1) is 13.0. The average Bonchev–Trinajstić information content (AvgIpc) is 2.45. The molecule has 3 rings (SSSR count). The zero-order valence-corrected chi connectivity index (χ0v) is 11.9. The fraction of sp³-hybridized carbons (Fsp3) is 0.353. The summed E-state index contributed by atoms with van der Waals surface area (Å²) in [5, 5.41) is 15.0. The molecule has 1 heterocycles. The Morgan fingerprint density at radius 3 is 2.35 bits per heavy atom. The average molecular weight is 265 g/mol. The number of hydrogen-bond acceptors (Lipinski definition) is 3. The summed E-state index contributed by atoms with van der Waals surface area (Å²) in [4.78, 5) is 2.43. The maximum Gasteiger partial charge on any atom is 0.0998 e. The molecule has 20 heavy (non-hydrogen) atoms. The van der Waals surface area contributed by atoms with Crippen LogP contribution in [0.4, 0.5) is 5.69 Å². The number of piperazine rings is 1. The predicted octanol–water partition coefficient (Wildman–Crippen LogP) is 2.90. The van der Waals surface area contributed by atoms with Gasteiger partial charge in [0.15, 0.2) is 0 Å². The van der Waals surface area contributed by atoms with Crippen LogP contribution in [0, 0.1) is 11.3 Å². The smallest absolute Gasteiger partial charge is 0.0998 e. The minimum atomic E-state index is 0.480. The van der Waals surface area contributed by atoms with Crippen molar-refractivity contribution in [3.8, 4) is 6.07 Å².